The van der Waals surface area contributed by atoms with Crippen LogP contribution in [0.5, 0.6) is 11.8 Å². The van der Waals surface area contributed by atoms with Crippen LogP contribution < -0.4 is 4.74 Å². The zero-order valence-electron chi connectivity index (χ0n) is 10.7. The summed E-state index contributed by atoms with van der Waals surface area (Å²) in [7, 11) is 0. The summed E-state index contributed by atoms with van der Waals surface area (Å²) in [5, 5.41) is 7.90. The van der Waals surface area contributed by atoms with Gasteiger partial charge in [-0.1, -0.05) is 34.9 Å². The predicted molar refractivity (Wildman–Crippen MR) is 72.8 cm³/mol. The minimum Gasteiger partial charge on any atom is -0.420 e. The number of rotatable bonds is 4. The van der Waals surface area contributed by atoms with Crippen LogP contribution in [0, 0.1) is 5.82 Å². The molecular weight excluding hydrogens is 313 g/mol. The number of ether oxygens (including phenoxy) is 1. The molecule has 0 amide bonds. The first-order valence-electron chi connectivity index (χ1n) is 5.99. The zero-order chi connectivity index (χ0) is 13.8. The van der Waals surface area contributed by atoms with Crippen molar-refractivity contribution in [3.05, 3.63) is 39.9 Å². The molecule has 0 spiro atoms. The van der Waals surface area contributed by atoms with E-state index in [2.05, 4.69) is 31.1 Å². The maximum atomic E-state index is 13.6. The molecule has 0 radical (unpaired) electrons. The first-order valence-corrected chi connectivity index (χ1v) is 6.78. The van der Waals surface area contributed by atoms with Crippen LogP contribution in [0.3, 0.4) is 0 Å². The summed E-state index contributed by atoms with van der Waals surface area (Å²) >= 11 is 3.26. The average Bonchev–Trinajstić information content (AvgIpc) is 2.42. The lowest BCUT2D eigenvalue weighted by Crippen LogP contribution is -2.04. The second kappa shape index (κ2) is 6.06. The zero-order valence-corrected chi connectivity index (χ0v) is 12.2. The summed E-state index contributed by atoms with van der Waals surface area (Å²) in [5.41, 5.74) is 1.66. The number of hydrogen-bond donors (Lipinski definition) is 0. The summed E-state index contributed by atoms with van der Waals surface area (Å²) in [4.78, 5) is 4.25. The lowest BCUT2D eigenvalue weighted by Gasteiger charge is -2.07. The van der Waals surface area contributed by atoms with E-state index in [0.29, 0.717) is 0 Å². The molecule has 100 valence electrons. The Bertz CT molecular complexity index is 592. The van der Waals surface area contributed by atoms with Crippen molar-refractivity contribution in [1.82, 2.24) is 15.2 Å². The number of hydrogen-bond acceptors (Lipinski definition) is 4. The first-order chi connectivity index (χ1) is 9.13. The number of aromatic nitrogens is 3. The van der Waals surface area contributed by atoms with Crippen LogP contribution in [-0.4, -0.2) is 15.2 Å². The lowest BCUT2D eigenvalue weighted by atomic mass is 10.2. The van der Waals surface area contributed by atoms with Gasteiger partial charge in [0.25, 0.3) is 0 Å². The van der Waals surface area contributed by atoms with Gasteiger partial charge in [-0.15, -0.1) is 5.10 Å². The average molecular weight is 326 g/mol. The van der Waals surface area contributed by atoms with Crippen molar-refractivity contribution in [2.45, 2.75) is 26.7 Å². The molecule has 0 aliphatic heterocycles. The highest BCUT2D eigenvalue weighted by Crippen LogP contribution is 2.25. The quantitative estimate of drug-likeness (QED) is 0.860. The highest BCUT2D eigenvalue weighted by molar-refractivity contribution is 9.10. The second-order valence-electron chi connectivity index (χ2n) is 3.87. The van der Waals surface area contributed by atoms with Crippen LogP contribution in [0.1, 0.15) is 25.2 Å². The third kappa shape index (κ3) is 3.26. The third-order valence-electron chi connectivity index (χ3n) is 2.58. The van der Waals surface area contributed by atoms with Gasteiger partial charge in [-0.05, 0) is 31.0 Å². The van der Waals surface area contributed by atoms with Gasteiger partial charge in [0.15, 0.2) is 11.6 Å². The molecule has 0 aliphatic carbocycles. The van der Waals surface area contributed by atoms with Crippen molar-refractivity contribution < 1.29 is 9.13 Å². The minimum absolute atomic E-state index is 0.0612. The topological polar surface area (TPSA) is 47.9 Å². The van der Waals surface area contributed by atoms with E-state index in [0.717, 1.165) is 28.7 Å². The molecule has 0 fully saturated rings. The molecular formula is C13H13BrFN3O. The lowest BCUT2D eigenvalue weighted by molar-refractivity contribution is 0.400. The predicted octanol–water partition coefficient (Wildman–Crippen LogP) is 3.69. The number of halogens is 2. The molecule has 0 saturated heterocycles. The molecule has 2 rings (SSSR count). The SMILES string of the molecule is CCc1nnc(Oc2cc(Br)ccc2F)nc1CC. The number of aryl methyl sites for hydroxylation is 2. The summed E-state index contributed by atoms with van der Waals surface area (Å²) in [6, 6.07) is 4.50. The van der Waals surface area contributed by atoms with Gasteiger partial charge in [0.2, 0.25) is 0 Å². The Hall–Kier alpha value is -1.56. The summed E-state index contributed by atoms with van der Waals surface area (Å²) in [6.07, 6.45) is 1.49. The van der Waals surface area contributed by atoms with E-state index >= 15 is 0 Å². The smallest absolute Gasteiger partial charge is 0.341 e. The molecule has 0 aliphatic rings. The summed E-state index contributed by atoms with van der Waals surface area (Å²) in [6.45, 7) is 3.96. The molecule has 4 nitrogen and oxygen atoms in total. The number of benzene rings is 1. The third-order valence-corrected chi connectivity index (χ3v) is 3.08. The fourth-order valence-corrected chi connectivity index (χ4v) is 1.96. The highest BCUT2D eigenvalue weighted by Gasteiger charge is 2.11. The molecule has 0 bridgehead atoms. The van der Waals surface area contributed by atoms with E-state index in [-0.39, 0.29) is 11.8 Å². The highest BCUT2D eigenvalue weighted by atomic mass is 79.9. The molecule has 6 heteroatoms. The van der Waals surface area contributed by atoms with Gasteiger partial charge < -0.3 is 4.74 Å². The molecule has 2 aromatic rings. The second-order valence-corrected chi connectivity index (χ2v) is 4.79. The van der Waals surface area contributed by atoms with Crippen molar-refractivity contribution in [2.75, 3.05) is 0 Å². The van der Waals surface area contributed by atoms with Gasteiger partial charge in [0.05, 0.1) is 11.4 Å². The molecule has 0 N–H and O–H groups in total. The maximum Gasteiger partial charge on any atom is 0.341 e. The monoisotopic (exact) mass is 325 g/mol. The summed E-state index contributed by atoms with van der Waals surface area (Å²) < 4.78 is 19.6. The van der Waals surface area contributed by atoms with Gasteiger partial charge in [-0.2, -0.15) is 4.98 Å². The van der Waals surface area contributed by atoms with Gasteiger partial charge in [0, 0.05) is 4.47 Å². The van der Waals surface area contributed by atoms with Crippen molar-refractivity contribution in [2.24, 2.45) is 0 Å². The molecule has 0 saturated carbocycles. The Labute approximate surface area is 119 Å². The number of nitrogens with zero attached hydrogens (tertiary/aromatic N) is 3. The largest absolute Gasteiger partial charge is 0.420 e. The first kappa shape index (κ1) is 13.9. The Balaban J connectivity index is 2.30. The molecule has 1 aromatic carbocycles. The van der Waals surface area contributed by atoms with Crippen LogP contribution in [0.4, 0.5) is 4.39 Å². The van der Waals surface area contributed by atoms with Crippen LogP contribution in [0.25, 0.3) is 0 Å². The van der Waals surface area contributed by atoms with Crippen LogP contribution in [0.15, 0.2) is 22.7 Å². The van der Waals surface area contributed by atoms with Crippen LogP contribution in [-0.2, 0) is 12.8 Å². The molecule has 0 atom stereocenters. The fraction of sp³-hybridized carbons (Fsp3) is 0.308. The minimum atomic E-state index is -0.468. The summed E-state index contributed by atoms with van der Waals surface area (Å²) in [5.74, 6) is -0.396. The van der Waals surface area contributed by atoms with Crippen molar-refractivity contribution in [3.8, 4) is 11.8 Å². The van der Waals surface area contributed by atoms with Gasteiger partial charge in [-0.25, -0.2) is 4.39 Å². The van der Waals surface area contributed by atoms with Gasteiger partial charge in [0.1, 0.15) is 0 Å². The maximum absolute atomic E-state index is 13.6. The Morgan fingerprint density at radius 1 is 1.16 bits per heavy atom. The van der Waals surface area contributed by atoms with Crippen molar-refractivity contribution >= 4 is 15.9 Å². The fourth-order valence-electron chi connectivity index (χ4n) is 1.62. The molecule has 0 unspecified atom stereocenters. The van der Waals surface area contributed by atoms with E-state index < -0.39 is 5.82 Å². The molecule has 1 aromatic heterocycles. The van der Waals surface area contributed by atoms with Gasteiger partial charge >= 0.3 is 6.01 Å². The molecule has 19 heavy (non-hydrogen) atoms. The van der Waals surface area contributed by atoms with Crippen molar-refractivity contribution in [3.63, 3.8) is 0 Å². The van der Waals surface area contributed by atoms with E-state index in [9.17, 15) is 4.39 Å². The van der Waals surface area contributed by atoms with E-state index in [1.165, 1.54) is 12.1 Å². The normalized spacial score (nSPS) is 10.5. The standard InChI is InChI=1S/C13H13BrFN3O/c1-3-10-11(4-2)17-18-13(16-10)19-12-7-8(14)5-6-9(12)15/h5-7H,3-4H2,1-2H3. The van der Waals surface area contributed by atoms with Crippen LogP contribution in [0.2, 0.25) is 0 Å². The van der Waals surface area contributed by atoms with Crippen LogP contribution >= 0.6 is 15.9 Å². The molecule has 1 heterocycles. The van der Waals surface area contributed by atoms with E-state index in [4.69, 9.17) is 4.74 Å². The van der Waals surface area contributed by atoms with Crippen molar-refractivity contribution in [1.29, 1.82) is 0 Å². The van der Waals surface area contributed by atoms with Gasteiger partial charge in [-0.3, -0.25) is 0 Å². The Morgan fingerprint density at radius 3 is 2.58 bits per heavy atom. The van der Waals surface area contributed by atoms with E-state index in [1.54, 1.807) is 6.07 Å². The Kier molecular flexibility index (Phi) is 4.42. The van der Waals surface area contributed by atoms with E-state index in [1.807, 2.05) is 13.8 Å². The Morgan fingerprint density at radius 2 is 1.89 bits per heavy atom.